The number of ether oxygens (including phenoxy) is 1. The molecule has 1 saturated heterocycles. The summed E-state index contributed by atoms with van der Waals surface area (Å²) >= 11 is 1.54. The summed E-state index contributed by atoms with van der Waals surface area (Å²) in [4.78, 5) is 32.2. The molecule has 0 spiro atoms. The van der Waals surface area contributed by atoms with Crippen molar-refractivity contribution < 1.29 is 14.3 Å². The number of hydrogen-bond acceptors (Lipinski definition) is 6. The highest BCUT2D eigenvalue weighted by atomic mass is 32.1. The number of anilines is 3. The van der Waals surface area contributed by atoms with E-state index in [2.05, 4.69) is 15.2 Å². The van der Waals surface area contributed by atoms with E-state index in [1.54, 1.807) is 55.8 Å². The van der Waals surface area contributed by atoms with Crippen molar-refractivity contribution in [2.45, 2.75) is 25.8 Å². The zero-order chi connectivity index (χ0) is 18.5. The molecule has 7 nitrogen and oxygen atoms in total. The van der Waals surface area contributed by atoms with Crippen molar-refractivity contribution in [2.24, 2.45) is 0 Å². The molecule has 2 aromatic rings. The van der Waals surface area contributed by atoms with Crippen LogP contribution >= 0.6 is 11.3 Å². The highest BCUT2D eigenvalue weighted by molar-refractivity contribution is 7.13. The molecular formula is C18H22N4O3S. The highest BCUT2D eigenvalue weighted by Crippen LogP contribution is 2.28. The van der Waals surface area contributed by atoms with Gasteiger partial charge in [-0.25, -0.2) is 9.78 Å². The summed E-state index contributed by atoms with van der Waals surface area (Å²) in [5.74, 6) is -0.0378. The summed E-state index contributed by atoms with van der Waals surface area (Å²) in [6.45, 7) is 2.94. The van der Waals surface area contributed by atoms with E-state index >= 15 is 0 Å². The second kappa shape index (κ2) is 8.18. The van der Waals surface area contributed by atoms with E-state index in [9.17, 15) is 9.59 Å². The Morgan fingerprint density at radius 2 is 2.15 bits per heavy atom. The molecule has 1 aromatic carbocycles. The van der Waals surface area contributed by atoms with E-state index in [4.69, 9.17) is 4.74 Å². The Kier molecular flexibility index (Phi) is 5.72. The van der Waals surface area contributed by atoms with Crippen LogP contribution in [0.25, 0.3) is 0 Å². The minimum Gasteiger partial charge on any atom is -0.449 e. The number of thiazole rings is 1. The van der Waals surface area contributed by atoms with Crippen LogP contribution in [0, 0.1) is 0 Å². The van der Waals surface area contributed by atoms with Crippen LogP contribution in [0.5, 0.6) is 0 Å². The number of nitrogens with zero attached hydrogens (tertiary/aromatic N) is 3. The van der Waals surface area contributed by atoms with Crippen LogP contribution in [0.2, 0.25) is 0 Å². The van der Waals surface area contributed by atoms with Gasteiger partial charge in [-0.15, -0.1) is 11.3 Å². The van der Waals surface area contributed by atoms with E-state index in [1.165, 1.54) is 4.90 Å². The Balaban J connectivity index is 1.63. The molecule has 1 fully saturated rings. The molecule has 26 heavy (non-hydrogen) atoms. The van der Waals surface area contributed by atoms with Gasteiger partial charge in [-0.2, -0.15) is 0 Å². The Morgan fingerprint density at radius 1 is 1.38 bits per heavy atom. The number of rotatable bonds is 5. The molecule has 0 bridgehead atoms. The maximum absolute atomic E-state index is 12.7. The van der Waals surface area contributed by atoms with Gasteiger partial charge in [0.25, 0.3) is 0 Å². The van der Waals surface area contributed by atoms with Crippen molar-refractivity contribution >= 4 is 39.8 Å². The van der Waals surface area contributed by atoms with Crippen LogP contribution < -0.4 is 15.1 Å². The number of benzene rings is 1. The quantitative estimate of drug-likeness (QED) is 0.869. The number of carbonyl (C=O) groups excluding carboxylic acids is 2. The van der Waals surface area contributed by atoms with Crippen LogP contribution in [0.1, 0.15) is 19.8 Å². The SMILES string of the molecule is CCOC(=O)N(C)c1ccc(NC(=O)C2CCCN2c2nccs2)cc1. The standard InChI is InChI=1S/C18H22N4O3S/c1-3-25-18(24)21(2)14-8-6-13(7-9-14)20-16(23)15-5-4-11-22(15)17-19-10-12-26-17/h6-10,12,15H,3-5,11H2,1-2H3,(H,20,23). The number of amides is 2. The third kappa shape index (κ3) is 3.96. The molecule has 0 saturated carbocycles. The lowest BCUT2D eigenvalue weighted by molar-refractivity contribution is -0.117. The molecule has 2 heterocycles. The smallest absolute Gasteiger partial charge is 0.413 e. The number of nitrogens with one attached hydrogen (secondary N) is 1. The predicted octanol–water partition coefficient (Wildman–Crippen LogP) is 3.34. The first-order chi connectivity index (χ1) is 12.6. The van der Waals surface area contributed by atoms with Gasteiger partial charge in [-0.3, -0.25) is 9.69 Å². The fourth-order valence-electron chi connectivity index (χ4n) is 2.95. The van der Waals surface area contributed by atoms with Crippen molar-refractivity contribution in [3.8, 4) is 0 Å². The van der Waals surface area contributed by atoms with Crippen molar-refractivity contribution in [1.82, 2.24) is 4.98 Å². The molecule has 0 aliphatic carbocycles. The molecule has 1 aromatic heterocycles. The predicted molar refractivity (Wildman–Crippen MR) is 103 cm³/mol. The van der Waals surface area contributed by atoms with Gasteiger partial charge in [0.1, 0.15) is 6.04 Å². The largest absolute Gasteiger partial charge is 0.449 e. The summed E-state index contributed by atoms with van der Waals surface area (Å²) in [7, 11) is 1.65. The molecule has 1 aliphatic rings. The van der Waals surface area contributed by atoms with Crippen LogP contribution in [0.15, 0.2) is 35.8 Å². The molecular weight excluding hydrogens is 352 g/mol. The monoisotopic (exact) mass is 374 g/mol. The first kappa shape index (κ1) is 18.2. The highest BCUT2D eigenvalue weighted by Gasteiger charge is 2.32. The van der Waals surface area contributed by atoms with Gasteiger partial charge in [0, 0.05) is 36.5 Å². The maximum Gasteiger partial charge on any atom is 0.413 e. The average Bonchev–Trinajstić information content (AvgIpc) is 3.33. The number of carbonyl (C=O) groups is 2. The molecule has 0 radical (unpaired) electrons. The van der Waals surface area contributed by atoms with Crippen molar-refractivity contribution in [3.05, 3.63) is 35.8 Å². The van der Waals surface area contributed by atoms with Crippen LogP contribution in [-0.2, 0) is 9.53 Å². The topological polar surface area (TPSA) is 74.8 Å². The zero-order valence-corrected chi connectivity index (χ0v) is 15.7. The molecule has 138 valence electrons. The van der Waals surface area contributed by atoms with E-state index in [0.29, 0.717) is 18.0 Å². The first-order valence-electron chi connectivity index (χ1n) is 8.57. The summed E-state index contributed by atoms with van der Waals surface area (Å²) in [6.07, 6.45) is 3.14. The molecule has 1 unspecified atom stereocenters. The first-order valence-corrected chi connectivity index (χ1v) is 9.45. The Labute approximate surface area is 156 Å². The van der Waals surface area contributed by atoms with E-state index in [-0.39, 0.29) is 11.9 Å². The Morgan fingerprint density at radius 3 is 2.81 bits per heavy atom. The van der Waals surface area contributed by atoms with E-state index in [0.717, 1.165) is 24.5 Å². The second-order valence-corrected chi connectivity index (χ2v) is 6.83. The lowest BCUT2D eigenvalue weighted by Crippen LogP contribution is -2.39. The minimum absolute atomic E-state index is 0.0378. The third-order valence-electron chi connectivity index (χ3n) is 4.28. The third-order valence-corrected chi connectivity index (χ3v) is 5.09. The Bertz CT molecular complexity index is 748. The van der Waals surface area contributed by atoms with Gasteiger partial charge in [0.2, 0.25) is 5.91 Å². The van der Waals surface area contributed by atoms with Gasteiger partial charge in [-0.1, -0.05) is 0 Å². The lowest BCUT2D eigenvalue weighted by atomic mass is 10.2. The molecule has 1 atom stereocenters. The number of aromatic nitrogens is 1. The Hall–Kier alpha value is -2.61. The van der Waals surface area contributed by atoms with Crippen molar-refractivity contribution in [3.63, 3.8) is 0 Å². The van der Waals surface area contributed by atoms with Crippen LogP contribution in [0.4, 0.5) is 21.3 Å². The summed E-state index contributed by atoms with van der Waals surface area (Å²) in [6, 6.07) is 6.92. The summed E-state index contributed by atoms with van der Waals surface area (Å²) in [5, 5.41) is 5.76. The van der Waals surface area contributed by atoms with Gasteiger partial charge in [0.15, 0.2) is 5.13 Å². The summed E-state index contributed by atoms with van der Waals surface area (Å²) < 4.78 is 4.97. The second-order valence-electron chi connectivity index (χ2n) is 5.96. The zero-order valence-electron chi connectivity index (χ0n) is 14.8. The number of hydrogen-bond donors (Lipinski definition) is 1. The molecule has 1 aliphatic heterocycles. The van der Waals surface area contributed by atoms with Gasteiger partial charge in [-0.05, 0) is 44.0 Å². The van der Waals surface area contributed by atoms with Crippen LogP contribution in [-0.4, -0.2) is 43.2 Å². The molecule has 2 amide bonds. The maximum atomic E-state index is 12.7. The molecule has 8 heteroatoms. The average molecular weight is 374 g/mol. The van der Waals surface area contributed by atoms with Gasteiger partial charge < -0.3 is 15.0 Å². The lowest BCUT2D eigenvalue weighted by Gasteiger charge is -2.23. The fourth-order valence-corrected chi connectivity index (χ4v) is 3.66. The van der Waals surface area contributed by atoms with Crippen molar-refractivity contribution in [1.29, 1.82) is 0 Å². The van der Waals surface area contributed by atoms with Crippen molar-refractivity contribution in [2.75, 3.05) is 35.3 Å². The molecule has 1 N–H and O–H groups in total. The fraction of sp³-hybridized carbons (Fsp3) is 0.389. The van der Waals surface area contributed by atoms with E-state index < -0.39 is 6.09 Å². The minimum atomic E-state index is -0.408. The van der Waals surface area contributed by atoms with Gasteiger partial charge in [0.05, 0.1) is 6.61 Å². The van der Waals surface area contributed by atoms with Crippen LogP contribution in [0.3, 0.4) is 0 Å². The normalized spacial score (nSPS) is 16.4. The van der Waals surface area contributed by atoms with Gasteiger partial charge >= 0.3 is 6.09 Å². The van der Waals surface area contributed by atoms with E-state index in [1.807, 2.05) is 5.38 Å². The summed E-state index contributed by atoms with van der Waals surface area (Å²) in [5.41, 5.74) is 1.40. The molecule has 3 rings (SSSR count).